The van der Waals surface area contributed by atoms with E-state index >= 15 is 0 Å². The molecule has 1 heterocycles. The molecule has 122 valence electrons. The van der Waals surface area contributed by atoms with Crippen molar-refractivity contribution >= 4 is 22.4 Å². The van der Waals surface area contributed by atoms with Gasteiger partial charge in [0.05, 0.1) is 23.6 Å². The number of nitrogens with two attached hydrogens (primary N) is 1. The number of nitro benzene ring substituents is 1. The van der Waals surface area contributed by atoms with E-state index in [1.54, 1.807) is 6.07 Å². The van der Waals surface area contributed by atoms with Crippen molar-refractivity contribution in [3.63, 3.8) is 0 Å². The van der Waals surface area contributed by atoms with Crippen LogP contribution in [-0.2, 0) is 6.61 Å². The van der Waals surface area contributed by atoms with Gasteiger partial charge in [-0.05, 0) is 24.3 Å². The summed E-state index contributed by atoms with van der Waals surface area (Å²) in [6.45, 7) is -0.0395. The predicted molar refractivity (Wildman–Crippen MR) is 87.9 cm³/mol. The van der Waals surface area contributed by atoms with Gasteiger partial charge in [-0.3, -0.25) is 10.1 Å². The molecule has 0 aliphatic rings. The summed E-state index contributed by atoms with van der Waals surface area (Å²) in [4.78, 5) is 19.1. The van der Waals surface area contributed by atoms with Gasteiger partial charge >= 0.3 is 5.69 Å². The van der Waals surface area contributed by atoms with E-state index in [0.29, 0.717) is 22.9 Å². The van der Waals surface area contributed by atoms with Crippen LogP contribution in [0.5, 0.6) is 11.5 Å². The Balaban J connectivity index is 1.87. The highest BCUT2D eigenvalue weighted by atomic mass is 16.6. The Hall–Kier alpha value is -3.42. The van der Waals surface area contributed by atoms with Crippen LogP contribution < -0.4 is 15.2 Å². The Morgan fingerprint density at radius 3 is 2.75 bits per heavy atom. The van der Waals surface area contributed by atoms with Gasteiger partial charge in [0.1, 0.15) is 18.2 Å². The van der Waals surface area contributed by atoms with E-state index in [0.717, 1.165) is 5.39 Å². The maximum absolute atomic E-state index is 11.1. The zero-order valence-corrected chi connectivity index (χ0v) is 12.8. The molecule has 0 radical (unpaired) electrons. The van der Waals surface area contributed by atoms with Crippen molar-refractivity contribution in [1.29, 1.82) is 0 Å². The third-order valence-electron chi connectivity index (χ3n) is 3.40. The number of fused-ring (bicyclic) bond motifs is 1. The Kier molecular flexibility index (Phi) is 4.11. The van der Waals surface area contributed by atoms with Gasteiger partial charge in [0, 0.05) is 5.39 Å². The van der Waals surface area contributed by atoms with Crippen LogP contribution in [0.2, 0.25) is 0 Å². The molecule has 1 aromatic heterocycles. The van der Waals surface area contributed by atoms with Crippen molar-refractivity contribution < 1.29 is 14.4 Å². The van der Waals surface area contributed by atoms with Gasteiger partial charge in [-0.25, -0.2) is 9.97 Å². The number of nitrogens with zero attached hydrogens (tertiary/aromatic N) is 3. The van der Waals surface area contributed by atoms with Gasteiger partial charge in [-0.15, -0.1) is 0 Å². The Bertz CT molecular complexity index is 914. The molecule has 2 N–H and O–H groups in total. The van der Waals surface area contributed by atoms with Crippen LogP contribution in [0.15, 0.2) is 42.5 Å². The number of benzene rings is 2. The number of hydrogen-bond donors (Lipinski definition) is 1. The van der Waals surface area contributed by atoms with Gasteiger partial charge in [-0.1, -0.05) is 12.1 Å². The minimum Gasteiger partial charge on any atom is -0.496 e. The third-order valence-corrected chi connectivity index (χ3v) is 3.40. The molecular weight excluding hydrogens is 312 g/mol. The number of ether oxygens (including phenoxy) is 2. The van der Waals surface area contributed by atoms with Crippen LogP contribution in [0.4, 0.5) is 11.5 Å². The number of anilines is 1. The minimum atomic E-state index is -0.534. The van der Waals surface area contributed by atoms with Crippen LogP contribution in [0.3, 0.4) is 0 Å². The Morgan fingerprint density at radius 1 is 1.21 bits per heavy atom. The lowest BCUT2D eigenvalue weighted by Crippen LogP contribution is -2.06. The summed E-state index contributed by atoms with van der Waals surface area (Å²) in [5.74, 6) is 1.16. The first-order valence-corrected chi connectivity index (χ1v) is 7.05. The van der Waals surface area contributed by atoms with Crippen LogP contribution in [0.25, 0.3) is 10.9 Å². The largest absolute Gasteiger partial charge is 0.496 e. The highest BCUT2D eigenvalue weighted by Crippen LogP contribution is 2.31. The fourth-order valence-electron chi connectivity index (χ4n) is 2.25. The smallest absolute Gasteiger partial charge is 0.314 e. The molecule has 0 saturated carbocycles. The van der Waals surface area contributed by atoms with Crippen LogP contribution in [-0.4, -0.2) is 22.0 Å². The molecule has 0 amide bonds. The molecule has 0 fully saturated rings. The number of para-hydroxylation sites is 1. The van der Waals surface area contributed by atoms with Crippen molar-refractivity contribution in [2.24, 2.45) is 0 Å². The number of aromatic nitrogens is 2. The lowest BCUT2D eigenvalue weighted by atomic mass is 10.2. The highest BCUT2D eigenvalue weighted by Gasteiger charge is 2.17. The topological polar surface area (TPSA) is 113 Å². The van der Waals surface area contributed by atoms with Gasteiger partial charge < -0.3 is 15.2 Å². The van der Waals surface area contributed by atoms with Gasteiger partial charge in [-0.2, -0.15) is 0 Å². The summed E-state index contributed by atoms with van der Waals surface area (Å²) in [5, 5.41) is 11.9. The van der Waals surface area contributed by atoms with Crippen molar-refractivity contribution in [2.45, 2.75) is 6.61 Å². The maximum Gasteiger partial charge on any atom is 0.314 e. The first-order chi connectivity index (χ1) is 11.6. The molecule has 8 heteroatoms. The number of methoxy groups -OCH3 is 1. The van der Waals surface area contributed by atoms with Crippen molar-refractivity contribution in [2.75, 3.05) is 12.8 Å². The van der Waals surface area contributed by atoms with Crippen molar-refractivity contribution in [3.8, 4) is 11.5 Å². The molecule has 0 atom stereocenters. The summed E-state index contributed by atoms with van der Waals surface area (Å²) < 4.78 is 10.5. The Labute approximate surface area is 137 Å². The van der Waals surface area contributed by atoms with Gasteiger partial charge in [0.25, 0.3) is 0 Å². The van der Waals surface area contributed by atoms with E-state index in [1.807, 2.05) is 24.3 Å². The average Bonchev–Trinajstić information content (AvgIpc) is 2.59. The number of nitrogen functional groups attached to an aromatic ring is 1. The fourth-order valence-corrected chi connectivity index (χ4v) is 2.25. The zero-order chi connectivity index (χ0) is 17.1. The molecule has 0 spiro atoms. The molecule has 3 rings (SSSR count). The maximum atomic E-state index is 11.1. The number of hydrogen-bond acceptors (Lipinski definition) is 7. The lowest BCUT2D eigenvalue weighted by Gasteiger charge is -2.09. The fraction of sp³-hybridized carbons (Fsp3) is 0.125. The van der Waals surface area contributed by atoms with Gasteiger partial charge in [0.2, 0.25) is 0 Å². The van der Waals surface area contributed by atoms with E-state index < -0.39 is 4.92 Å². The Morgan fingerprint density at radius 2 is 2.00 bits per heavy atom. The molecule has 8 nitrogen and oxygen atoms in total. The molecule has 0 unspecified atom stereocenters. The quantitative estimate of drug-likeness (QED) is 0.566. The second-order valence-corrected chi connectivity index (χ2v) is 4.92. The minimum absolute atomic E-state index is 0.0395. The second kappa shape index (κ2) is 6.37. The normalized spacial score (nSPS) is 10.5. The number of rotatable bonds is 5. The van der Waals surface area contributed by atoms with Crippen LogP contribution in [0.1, 0.15) is 5.82 Å². The van der Waals surface area contributed by atoms with Crippen molar-refractivity contribution in [3.05, 3.63) is 58.4 Å². The molecule has 2 aromatic carbocycles. The monoisotopic (exact) mass is 326 g/mol. The highest BCUT2D eigenvalue weighted by molar-refractivity contribution is 5.87. The van der Waals surface area contributed by atoms with E-state index in [2.05, 4.69) is 9.97 Å². The van der Waals surface area contributed by atoms with Crippen LogP contribution >= 0.6 is 0 Å². The van der Waals surface area contributed by atoms with E-state index in [1.165, 1.54) is 19.2 Å². The number of nitro groups is 1. The molecule has 24 heavy (non-hydrogen) atoms. The van der Waals surface area contributed by atoms with E-state index in [-0.39, 0.29) is 18.0 Å². The SMILES string of the molecule is COc1ccc(OCc2nc(N)c3ccccc3n2)c([N+](=O)[O-])c1. The predicted octanol–water partition coefficient (Wildman–Crippen LogP) is 2.71. The summed E-state index contributed by atoms with van der Waals surface area (Å²) in [6.07, 6.45) is 0. The second-order valence-electron chi connectivity index (χ2n) is 4.92. The summed E-state index contributed by atoms with van der Waals surface area (Å²) in [6, 6.07) is 11.7. The zero-order valence-electron chi connectivity index (χ0n) is 12.8. The molecule has 0 bridgehead atoms. The lowest BCUT2D eigenvalue weighted by molar-refractivity contribution is -0.386. The standard InChI is InChI=1S/C16H14N4O4/c1-23-10-6-7-14(13(8-10)20(21)22)24-9-15-18-12-5-3-2-4-11(12)16(17)19-15/h2-8H,9H2,1H3,(H2,17,18,19). The first kappa shape index (κ1) is 15.5. The molecule has 0 saturated heterocycles. The summed E-state index contributed by atoms with van der Waals surface area (Å²) >= 11 is 0. The first-order valence-electron chi connectivity index (χ1n) is 7.05. The van der Waals surface area contributed by atoms with Crippen LogP contribution in [0, 0.1) is 10.1 Å². The molecule has 3 aromatic rings. The third kappa shape index (κ3) is 3.02. The average molecular weight is 326 g/mol. The summed E-state index contributed by atoms with van der Waals surface area (Å²) in [5.41, 5.74) is 6.41. The van der Waals surface area contributed by atoms with Gasteiger partial charge in [0.15, 0.2) is 11.6 Å². The van der Waals surface area contributed by atoms with E-state index in [4.69, 9.17) is 15.2 Å². The molecule has 0 aliphatic carbocycles. The van der Waals surface area contributed by atoms with Crippen molar-refractivity contribution in [1.82, 2.24) is 9.97 Å². The van der Waals surface area contributed by atoms with E-state index in [9.17, 15) is 10.1 Å². The summed E-state index contributed by atoms with van der Waals surface area (Å²) in [7, 11) is 1.44. The molecular formula is C16H14N4O4. The molecule has 0 aliphatic heterocycles.